The molecule has 2 heteroatoms. The molecule has 1 saturated heterocycles. The van der Waals surface area contributed by atoms with Gasteiger partial charge in [0.1, 0.15) is 0 Å². The zero-order valence-corrected chi connectivity index (χ0v) is 9.39. The highest BCUT2D eigenvalue weighted by Crippen LogP contribution is 2.22. The number of hydrogen-bond donors (Lipinski definition) is 1. The fraction of sp³-hybridized carbons (Fsp3) is 0.455. The summed E-state index contributed by atoms with van der Waals surface area (Å²) >= 11 is 3.56. The molecule has 1 aromatic rings. The number of hydrogen-bond acceptors (Lipinski definition) is 1. The van der Waals surface area contributed by atoms with E-state index in [9.17, 15) is 0 Å². The summed E-state index contributed by atoms with van der Waals surface area (Å²) in [6.45, 7) is 4.56. The standard InChI is InChI=1S/C11H14BrN/c1-8-10(3-2-4-11(8)12)5-9-6-13-7-9/h2-4,9,13H,5-7H2,1H3. The molecule has 0 atom stereocenters. The molecule has 0 spiro atoms. The van der Waals surface area contributed by atoms with Crippen molar-refractivity contribution in [2.75, 3.05) is 13.1 Å². The fourth-order valence-corrected chi connectivity index (χ4v) is 2.08. The highest BCUT2D eigenvalue weighted by Gasteiger charge is 2.17. The Balaban J connectivity index is 2.14. The second-order valence-electron chi connectivity index (χ2n) is 3.75. The molecule has 0 bridgehead atoms. The molecule has 13 heavy (non-hydrogen) atoms. The molecule has 0 amide bonds. The van der Waals surface area contributed by atoms with E-state index in [0.717, 1.165) is 5.92 Å². The normalized spacial score (nSPS) is 17.1. The molecule has 1 aromatic carbocycles. The van der Waals surface area contributed by atoms with Crippen LogP contribution in [0.15, 0.2) is 22.7 Å². The van der Waals surface area contributed by atoms with Crippen molar-refractivity contribution in [3.05, 3.63) is 33.8 Å². The molecule has 0 unspecified atom stereocenters. The zero-order chi connectivity index (χ0) is 9.26. The maximum atomic E-state index is 3.56. The number of halogens is 1. The van der Waals surface area contributed by atoms with Crippen molar-refractivity contribution in [2.24, 2.45) is 5.92 Å². The second kappa shape index (κ2) is 3.81. The first-order valence-electron chi connectivity index (χ1n) is 4.72. The first-order valence-corrected chi connectivity index (χ1v) is 5.51. The van der Waals surface area contributed by atoms with Crippen molar-refractivity contribution in [1.29, 1.82) is 0 Å². The minimum absolute atomic E-state index is 0.855. The summed E-state index contributed by atoms with van der Waals surface area (Å²) in [5.74, 6) is 0.855. The van der Waals surface area contributed by atoms with Crippen LogP contribution in [0.5, 0.6) is 0 Å². The third kappa shape index (κ3) is 1.94. The Bertz CT molecular complexity index is 305. The van der Waals surface area contributed by atoms with E-state index in [0.29, 0.717) is 0 Å². The number of benzene rings is 1. The van der Waals surface area contributed by atoms with Crippen LogP contribution in [0.3, 0.4) is 0 Å². The van der Waals surface area contributed by atoms with Crippen molar-refractivity contribution in [3.63, 3.8) is 0 Å². The van der Waals surface area contributed by atoms with E-state index < -0.39 is 0 Å². The van der Waals surface area contributed by atoms with Crippen LogP contribution in [0.25, 0.3) is 0 Å². The van der Waals surface area contributed by atoms with Gasteiger partial charge in [-0.3, -0.25) is 0 Å². The highest BCUT2D eigenvalue weighted by atomic mass is 79.9. The van der Waals surface area contributed by atoms with E-state index in [1.807, 2.05) is 0 Å². The first kappa shape index (κ1) is 9.22. The summed E-state index contributed by atoms with van der Waals surface area (Å²) in [5.41, 5.74) is 2.88. The average molecular weight is 240 g/mol. The van der Waals surface area contributed by atoms with Gasteiger partial charge in [0, 0.05) is 4.47 Å². The van der Waals surface area contributed by atoms with Crippen LogP contribution in [0.2, 0.25) is 0 Å². The Morgan fingerprint density at radius 1 is 1.46 bits per heavy atom. The third-order valence-corrected chi connectivity index (χ3v) is 3.61. The second-order valence-corrected chi connectivity index (χ2v) is 4.61. The fourth-order valence-electron chi connectivity index (χ4n) is 1.68. The molecule has 2 rings (SSSR count). The Kier molecular flexibility index (Phi) is 2.70. The van der Waals surface area contributed by atoms with Gasteiger partial charge in [0.25, 0.3) is 0 Å². The van der Waals surface area contributed by atoms with Gasteiger partial charge in [-0.2, -0.15) is 0 Å². The molecule has 1 nitrogen and oxygen atoms in total. The van der Waals surface area contributed by atoms with E-state index in [1.54, 1.807) is 0 Å². The molecule has 70 valence electrons. The van der Waals surface area contributed by atoms with Crippen LogP contribution in [-0.2, 0) is 6.42 Å². The van der Waals surface area contributed by atoms with Crippen LogP contribution in [0.4, 0.5) is 0 Å². The molecule has 1 aliphatic heterocycles. The van der Waals surface area contributed by atoms with Gasteiger partial charge in [0.15, 0.2) is 0 Å². The lowest BCUT2D eigenvalue weighted by atomic mass is 9.92. The van der Waals surface area contributed by atoms with Gasteiger partial charge in [-0.15, -0.1) is 0 Å². The molecule has 1 fully saturated rings. The van der Waals surface area contributed by atoms with Gasteiger partial charge in [-0.25, -0.2) is 0 Å². The molecule has 0 aliphatic carbocycles. The Hall–Kier alpha value is -0.340. The Labute approximate surface area is 87.7 Å². The van der Waals surface area contributed by atoms with Gasteiger partial charge in [-0.1, -0.05) is 28.1 Å². The zero-order valence-electron chi connectivity index (χ0n) is 7.81. The van der Waals surface area contributed by atoms with Gasteiger partial charge in [0.05, 0.1) is 0 Å². The molecular formula is C11H14BrN. The monoisotopic (exact) mass is 239 g/mol. The van der Waals surface area contributed by atoms with Crippen LogP contribution < -0.4 is 5.32 Å². The predicted octanol–water partition coefficient (Wildman–Crippen LogP) is 2.52. The minimum atomic E-state index is 0.855. The van der Waals surface area contributed by atoms with Gasteiger partial charge >= 0.3 is 0 Å². The maximum absolute atomic E-state index is 3.56. The van der Waals surface area contributed by atoms with Crippen molar-refractivity contribution in [3.8, 4) is 0 Å². The van der Waals surface area contributed by atoms with E-state index in [1.165, 1.54) is 35.1 Å². The summed E-state index contributed by atoms with van der Waals surface area (Å²) in [5, 5.41) is 3.30. The minimum Gasteiger partial charge on any atom is -0.316 e. The predicted molar refractivity (Wildman–Crippen MR) is 58.9 cm³/mol. The first-order chi connectivity index (χ1) is 6.27. The lowest BCUT2D eigenvalue weighted by Gasteiger charge is -2.27. The molecule has 0 radical (unpaired) electrons. The topological polar surface area (TPSA) is 12.0 Å². The van der Waals surface area contributed by atoms with Crippen molar-refractivity contribution in [2.45, 2.75) is 13.3 Å². The van der Waals surface area contributed by atoms with E-state index in [2.05, 4.69) is 46.4 Å². The molecule has 1 aliphatic rings. The quantitative estimate of drug-likeness (QED) is 0.837. The summed E-state index contributed by atoms with van der Waals surface area (Å²) in [6.07, 6.45) is 1.22. The molecule has 0 saturated carbocycles. The van der Waals surface area contributed by atoms with Crippen molar-refractivity contribution >= 4 is 15.9 Å². The smallest absolute Gasteiger partial charge is 0.0207 e. The van der Waals surface area contributed by atoms with Crippen molar-refractivity contribution < 1.29 is 0 Å². The maximum Gasteiger partial charge on any atom is 0.0207 e. The van der Waals surface area contributed by atoms with Gasteiger partial charge < -0.3 is 5.32 Å². The van der Waals surface area contributed by atoms with Gasteiger partial charge in [0.2, 0.25) is 0 Å². The summed E-state index contributed by atoms with van der Waals surface area (Å²) < 4.78 is 1.23. The summed E-state index contributed by atoms with van der Waals surface area (Å²) in [4.78, 5) is 0. The Morgan fingerprint density at radius 3 is 2.85 bits per heavy atom. The molecule has 1 N–H and O–H groups in total. The Morgan fingerprint density at radius 2 is 2.23 bits per heavy atom. The summed E-state index contributed by atoms with van der Waals surface area (Å²) in [6, 6.07) is 6.47. The lowest BCUT2D eigenvalue weighted by Crippen LogP contribution is -2.43. The number of nitrogens with one attached hydrogen (secondary N) is 1. The largest absolute Gasteiger partial charge is 0.316 e. The van der Waals surface area contributed by atoms with Crippen LogP contribution in [-0.4, -0.2) is 13.1 Å². The SMILES string of the molecule is Cc1c(Br)cccc1CC1CNC1. The molecule has 1 heterocycles. The van der Waals surface area contributed by atoms with E-state index in [-0.39, 0.29) is 0 Å². The van der Waals surface area contributed by atoms with Crippen molar-refractivity contribution in [1.82, 2.24) is 5.32 Å². The lowest BCUT2D eigenvalue weighted by molar-refractivity contribution is 0.346. The van der Waals surface area contributed by atoms with Crippen LogP contribution in [0, 0.1) is 12.8 Å². The van der Waals surface area contributed by atoms with E-state index in [4.69, 9.17) is 0 Å². The van der Waals surface area contributed by atoms with E-state index >= 15 is 0 Å². The molecular weight excluding hydrogens is 226 g/mol. The van der Waals surface area contributed by atoms with Crippen LogP contribution in [0.1, 0.15) is 11.1 Å². The highest BCUT2D eigenvalue weighted by molar-refractivity contribution is 9.10. The third-order valence-electron chi connectivity index (χ3n) is 2.75. The summed E-state index contributed by atoms with van der Waals surface area (Å²) in [7, 11) is 0. The number of rotatable bonds is 2. The average Bonchev–Trinajstić information content (AvgIpc) is 2.04. The molecule has 0 aromatic heterocycles. The van der Waals surface area contributed by atoms with Crippen LogP contribution >= 0.6 is 15.9 Å². The van der Waals surface area contributed by atoms with Gasteiger partial charge in [-0.05, 0) is 49.5 Å².